The highest BCUT2D eigenvalue weighted by Gasteiger charge is 2.44. The minimum atomic E-state index is 0.383. The van der Waals surface area contributed by atoms with E-state index in [1.165, 1.54) is 338 Å². The number of fused-ring (bicyclic) bond motifs is 2. The molecular weight excluding hydrogens is 1480 g/mol. The highest BCUT2D eigenvalue weighted by Crippen LogP contribution is 2.34. The molecule has 120 heavy (non-hydrogen) atoms. The number of ether oxygens (including phenoxy) is 2. The third-order valence-corrected chi connectivity index (χ3v) is 31.4. The molecule has 0 amide bonds. The molecule has 12 aliphatic heterocycles. The molecule has 0 aromatic rings. The molecule has 0 radical (unpaired) electrons. The average molecular weight is 1690 g/mol. The minimum Gasteiger partial charge on any atom is -0.379 e. The third-order valence-electron chi connectivity index (χ3n) is 31.4. The van der Waals surface area contributed by atoms with E-state index in [2.05, 4.69) is 263 Å². The van der Waals surface area contributed by atoms with Crippen LogP contribution in [0.4, 0.5) is 0 Å². The van der Waals surface area contributed by atoms with Crippen LogP contribution in [0.15, 0.2) is 0 Å². The Bertz CT molecular complexity index is 2440. The van der Waals surface area contributed by atoms with Crippen LogP contribution < -0.4 is 0 Å². The van der Waals surface area contributed by atoms with E-state index in [0.29, 0.717) is 36.4 Å². The predicted molar refractivity (Wildman–Crippen MR) is 518 cm³/mol. The average Bonchev–Trinajstić information content (AvgIpc) is 1.63. The molecule has 19 nitrogen and oxygen atoms in total. The number of rotatable bonds is 36. The van der Waals surface area contributed by atoms with Gasteiger partial charge in [0.2, 0.25) is 0 Å². The smallest absolute Gasteiger partial charge is 0.0599 e. The van der Waals surface area contributed by atoms with E-state index in [1.807, 2.05) is 0 Å². The first-order valence-corrected chi connectivity index (χ1v) is 52.0. The largest absolute Gasteiger partial charge is 0.379 e. The molecule has 0 aromatic carbocycles. The van der Waals surface area contributed by atoms with Crippen molar-refractivity contribution in [3.63, 3.8) is 0 Å². The van der Waals surface area contributed by atoms with Crippen molar-refractivity contribution in [1.29, 1.82) is 0 Å². The summed E-state index contributed by atoms with van der Waals surface area (Å²) in [6.07, 6.45) is 24.0. The van der Waals surface area contributed by atoms with E-state index < -0.39 is 0 Å². The molecule has 2 bridgehead atoms. The fraction of sp³-hybridized carbons (Fsp3) is 1.00. The van der Waals surface area contributed by atoms with E-state index in [1.54, 1.807) is 0 Å². The van der Waals surface area contributed by atoms with Crippen LogP contribution in [0.3, 0.4) is 0 Å². The molecule has 0 spiro atoms. The number of piperidine rings is 4. The zero-order valence-corrected chi connectivity index (χ0v) is 84.7. The van der Waals surface area contributed by atoms with E-state index >= 15 is 0 Å². The van der Waals surface area contributed by atoms with E-state index in [9.17, 15) is 0 Å². The molecule has 3 unspecified atom stereocenters. The van der Waals surface area contributed by atoms with E-state index in [-0.39, 0.29) is 0 Å². The second-order valence-electron chi connectivity index (χ2n) is 43.6. The Morgan fingerprint density at radius 2 is 0.658 bits per heavy atom. The van der Waals surface area contributed by atoms with Gasteiger partial charge in [0, 0.05) is 267 Å². The van der Waals surface area contributed by atoms with Crippen LogP contribution in [0, 0.1) is 23.7 Å². The van der Waals surface area contributed by atoms with Crippen molar-refractivity contribution in [3.8, 4) is 0 Å². The molecule has 0 aromatic heterocycles. The Kier molecular flexibility index (Phi) is 50.3. The maximum absolute atomic E-state index is 6.10. The Labute approximate surface area is 746 Å². The van der Waals surface area contributed by atoms with Crippen LogP contribution >= 0.6 is 0 Å². The second kappa shape index (κ2) is 56.7. The maximum Gasteiger partial charge on any atom is 0.0599 e. The molecule has 12 aliphatic rings. The van der Waals surface area contributed by atoms with Gasteiger partial charge in [-0.25, -0.2) is 0 Å². The monoisotopic (exact) mass is 1690 g/mol. The van der Waals surface area contributed by atoms with Gasteiger partial charge in [-0.05, 0) is 378 Å². The third kappa shape index (κ3) is 38.4. The topological polar surface area (TPSA) is 73.5 Å². The van der Waals surface area contributed by atoms with Gasteiger partial charge in [-0.3, -0.25) is 39.2 Å². The summed E-state index contributed by atoms with van der Waals surface area (Å²) in [5, 5.41) is 0. The number of piperazine rings is 5. The van der Waals surface area contributed by atoms with E-state index in [0.717, 1.165) is 103 Å². The standard InChI is InChI=1S/C19H37N3.C18H37N3O.2C17H35N3.C15H31N3.C15H32N2O/c1-15(2)20-10-7-17(8-11-20)6-5-9-21-13-19-12-18(21)14-22(19)16(3)4;1-16(2)20-9-6-18(7-10-20)22-15-5-8-19-11-13-21(14-12-19)17(3)4;1-14(2)19-10-7-16(8-11-19)6-9-18(5)17-12-20(13-17)15(3)4;1-14(2)18-8-6-17(7-9-18)16(5)20-12-10-19(11-13-20)15(3)4;1-13(2)17-9-7-16(8-10-17)6-5-15-11-18(12-15)14(3)4;1-14(2)17-11-9-16(10-12-17)8-6-5-7-13-18-15(3)4/h15-19H,5-14H2,1-4H3;16-18H,5-15H2,1-4H3;2*14-17H,6-13H2,1-5H3;13-15H,5-12H2,1-4H3;14-15H,5-13H2,1-4H3. The van der Waals surface area contributed by atoms with Crippen molar-refractivity contribution >= 4 is 0 Å². The molecule has 12 fully saturated rings. The summed E-state index contributed by atoms with van der Waals surface area (Å²) in [5.74, 6) is 3.85. The van der Waals surface area contributed by atoms with Crippen molar-refractivity contribution in [2.45, 2.75) is 385 Å². The lowest BCUT2D eigenvalue weighted by molar-refractivity contribution is -0.00348. The van der Waals surface area contributed by atoms with Crippen molar-refractivity contribution in [3.05, 3.63) is 0 Å². The Morgan fingerprint density at radius 3 is 1.07 bits per heavy atom. The Morgan fingerprint density at radius 1 is 0.283 bits per heavy atom. The predicted octanol–water partition coefficient (Wildman–Crippen LogP) is 14.7. The number of nitrogens with zero attached hydrogens (tertiary/aromatic N) is 17. The van der Waals surface area contributed by atoms with Gasteiger partial charge in [-0.1, -0.05) is 0 Å². The van der Waals surface area contributed by atoms with Gasteiger partial charge in [-0.15, -0.1) is 0 Å². The minimum absolute atomic E-state index is 0.383. The summed E-state index contributed by atoms with van der Waals surface area (Å²) in [6.45, 7) is 104. The van der Waals surface area contributed by atoms with Crippen LogP contribution in [-0.4, -0.2) is 435 Å². The van der Waals surface area contributed by atoms with Crippen molar-refractivity contribution in [1.82, 2.24) is 83.3 Å². The molecule has 12 rings (SSSR count). The first kappa shape index (κ1) is 106. The van der Waals surface area contributed by atoms with Gasteiger partial charge < -0.3 is 53.6 Å². The zero-order chi connectivity index (χ0) is 87.5. The van der Waals surface area contributed by atoms with Crippen molar-refractivity contribution < 1.29 is 9.47 Å². The van der Waals surface area contributed by atoms with Crippen LogP contribution in [-0.2, 0) is 9.47 Å². The Hall–Kier alpha value is -0.760. The fourth-order valence-corrected chi connectivity index (χ4v) is 21.5. The molecule has 12 heterocycles. The molecule has 0 saturated carbocycles. The summed E-state index contributed by atoms with van der Waals surface area (Å²) in [6, 6.07) is 11.2. The molecule has 3 atom stereocenters. The first-order valence-electron chi connectivity index (χ1n) is 52.0. The van der Waals surface area contributed by atoms with E-state index in [4.69, 9.17) is 9.47 Å². The molecule has 19 heteroatoms. The molecule has 0 aliphatic carbocycles. The quantitative estimate of drug-likeness (QED) is 0.0558. The maximum atomic E-state index is 6.10. The normalized spacial score (nSPS) is 25.2. The lowest BCUT2D eigenvalue weighted by atomic mass is 9.88. The lowest BCUT2D eigenvalue weighted by Gasteiger charge is -2.46. The van der Waals surface area contributed by atoms with Crippen molar-refractivity contribution in [2.24, 2.45) is 23.7 Å². The number of likely N-dealkylation sites (N-methyl/N-ethyl adjacent to an activating group) is 1. The van der Waals surface area contributed by atoms with Crippen molar-refractivity contribution in [2.75, 3.05) is 249 Å². The molecule has 0 N–H and O–H groups in total. The van der Waals surface area contributed by atoms with Gasteiger partial charge in [0.05, 0.1) is 12.2 Å². The number of likely N-dealkylation sites (tertiary alicyclic amines) is 8. The van der Waals surface area contributed by atoms with Gasteiger partial charge in [-0.2, -0.15) is 0 Å². The highest BCUT2D eigenvalue weighted by molar-refractivity contribution is 5.01. The molecule has 708 valence electrons. The van der Waals surface area contributed by atoms with Gasteiger partial charge >= 0.3 is 0 Å². The second-order valence-corrected chi connectivity index (χ2v) is 43.6. The summed E-state index contributed by atoms with van der Waals surface area (Å²) in [4.78, 5) is 44.8. The van der Waals surface area contributed by atoms with Crippen LogP contribution in [0.2, 0.25) is 0 Å². The van der Waals surface area contributed by atoms with Crippen LogP contribution in [0.1, 0.15) is 282 Å². The highest BCUT2D eigenvalue weighted by atomic mass is 16.5. The number of hydrogen-bond donors (Lipinski definition) is 0. The number of unbranched alkanes of at least 4 members (excludes halogenated alkanes) is 2. The summed E-state index contributed by atoms with van der Waals surface area (Å²) in [5.41, 5.74) is 0. The summed E-state index contributed by atoms with van der Waals surface area (Å²) < 4.78 is 11.7. The van der Waals surface area contributed by atoms with Crippen LogP contribution in [0.25, 0.3) is 0 Å². The lowest BCUT2D eigenvalue weighted by Crippen LogP contribution is -2.60. The van der Waals surface area contributed by atoms with Gasteiger partial charge in [0.25, 0.3) is 0 Å². The van der Waals surface area contributed by atoms with Crippen LogP contribution in [0.5, 0.6) is 0 Å². The molecule has 12 saturated heterocycles. The van der Waals surface area contributed by atoms with Gasteiger partial charge in [0.1, 0.15) is 0 Å². The zero-order valence-electron chi connectivity index (χ0n) is 84.7. The Balaban J connectivity index is 0.000000199. The SMILES string of the molecule is CC(C)N1CCC(C(C)N2CCN(C(C)C)CC2)CC1.CC(C)N1CCC(CCCN2CC3CC2CN3C(C)C)CC1.CC(C)N1CCC(CCN(C)C2CN(C(C)C)C2)CC1.CC(C)N1CCC(OCCCN2CCN(C(C)C)CC2)CC1.CC(C)N1CCN(CCC2CN(C(C)C)C2)CC1.CC(C)OCCCCCN1CCN(C(C)C)CC1. The fourth-order valence-electron chi connectivity index (χ4n) is 21.5. The summed E-state index contributed by atoms with van der Waals surface area (Å²) >= 11 is 0. The van der Waals surface area contributed by atoms with Gasteiger partial charge in [0.15, 0.2) is 0 Å². The first-order chi connectivity index (χ1) is 57.2. The molecular formula is C101H207N17O2. The summed E-state index contributed by atoms with van der Waals surface area (Å²) in [7, 11) is 2.32. The number of hydrogen-bond acceptors (Lipinski definition) is 19.